The Labute approximate surface area is 177 Å². The molecular weight excluding hydrogens is 406 g/mol. The second-order valence-electron chi connectivity index (χ2n) is 6.54. The average Bonchev–Trinajstić information content (AvgIpc) is 3.34. The molecule has 0 aliphatic rings. The van der Waals surface area contributed by atoms with Crippen molar-refractivity contribution in [1.29, 1.82) is 0 Å². The third-order valence-corrected chi connectivity index (χ3v) is 6.25. The van der Waals surface area contributed by atoms with Crippen LogP contribution in [0.2, 0.25) is 0 Å². The fraction of sp³-hybridized carbons (Fsp3) is 0.286. The van der Waals surface area contributed by atoms with E-state index in [2.05, 4.69) is 40.7 Å². The van der Waals surface area contributed by atoms with Gasteiger partial charge in [0.2, 0.25) is 0 Å². The molecule has 0 atom stereocenters. The van der Waals surface area contributed by atoms with Gasteiger partial charge in [0.1, 0.15) is 0 Å². The van der Waals surface area contributed by atoms with Crippen LogP contribution < -0.4 is 10.6 Å². The van der Waals surface area contributed by atoms with E-state index in [9.17, 15) is 9.59 Å². The first-order valence-electron chi connectivity index (χ1n) is 9.43. The highest BCUT2D eigenvalue weighted by Gasteiger charge is 2.13. The SMILES string of the molecule is CCCCc1ccccc1NCc1ccc(C(=O)Nc2ncc(CC(=O)O)s2)s1. The molecule has 1 aromatic carbocycles. The lowest BCUT2D eigenvalue weighted by Gasteiger charge is -2.11. The van der Waals surface area contributed by atoms with Gasteiger partial charge >= 0.3 is 5.97 Å². The van der Waals surface area contributed by atoms with Crippen LogP contribution in [0.5, 0.6) is 0 Å². The Morgan fingerprint density at radius 1 is 1.10 bits per heavy atom. The minimum Gasteiger partial charge on any atom is -0.481 e. The Morgan fingerprint density at radius 3 is 2.72 bits per heavy atom. The number of hydrogen-bond acceptors (Lipinski definition) is 6. The highest BCUT2D eigenvalue weighted by molar-refractivity contribution is 7.16. The Bertz CT molecular complexity index is 981. The molecule has 0 spiro atoms. The lowest BCUT2D eigenvalue weighted by atomic mass is 10.1. The molecular formula is C21H23N3O3S2. The number of carbonyl (C=O) groups is 2. The van der Waals surface area contributed by atoms with Crippen LogP contribution in [0.25, 0.3) is 0 Å². The molecule has 0 fully saturated rings. The fourth-order valence-corrected chi connectivity index (χ4v) is 4.45. The summed E-state index contributed by atoms with van der Waals surface area (Å²) in [6.07, 6.45) is 4.76. The van der Waals surface area contributed by atoms with Crippen molar-refractivity contribution in [3.05, 3.63) is 62.8 Å². The highest BCUT2D eigenvalue weighted by atomic mass is 32.1. The van der Waals surface area contributed by atoms with E-state index in [0.717, 1.165) is 29.8 Å². The summed E-state index contributed by atoms with van der Waals surface area (Å²) in [7, 11) is 0. The van der Waals surface area contributed by atoms with E-state index in [0.29, 0.717) is 21.4 Å². The van der Waals surface area contributed by atoms with Gasteiger partial charge in [0.05, 0.1) is 11.3 Å². The van der Waals surface area contributed by atoms with Gasteiger partial charge in [0.15, 0.2) is 5.13 Å². The van der Waals surface area contributed by atoms with Crippen molar-refractivity contribution in [3.8, 4) is 0 Å². The summed E-state index contributed by atoms with van der Waals surface area (Å²) in [5.41, 5.74) is 2.44. The van der Waals surface area contributed by atoms with Crippen LogP contribution in [-0.2, 0) is 24.2 Å². The molecule has 0 aliphatic heterocycles. The molecule has 152 valence electrons. The number of carbonyl (C=O) groups excluding carboxylic acids is 1. The monoisotopic (exact) mass is 429 g/mol. The standard InChI is InChI=1S/C21H23N3O3S2/c1-2-3-6-14-7-4-5-8-17(14)22-12-15-9-10-18(28-15)20(27)24-21-23-13-16(29-21)11-19(25)26/h4-5,7-10,13,22H,2-3,6,11-12H2,1H3,(H,25,26)(H,23,24,27). The minimum absolute atomic E-state index is 0.0952. The van der Waals surface area contributed by atoms with Crippen LogP contribution >= 0.6 is 22.7 Å². The lowest BCUT2D eigenvalue weighted by Crippen LogP contribution is -2.09. The number of thiophene rings is 1. The summed E-state index contributed by atoms with van der Waals surface area (Å²) in [6, 6.07) is 12.1. The molecule has 8 heteroatoms. The zero-order valence-corrected chi connectivity index (χ0v) is 17.7. The number of thiazole rings is 1. The number of nitrogens with one attached hydrogen (secondary N) is 2. The summed E-state index contributed by atoms with van der Waals surface area (Å²) >= 11 is 2.60. The van der Waals surface area contributed by atoms with E-state index in [1.54, 1.807) is 6.07 Å². The molecule has 0 saturated carbocycles. The lowest BCUT2D eigenvalue weighted by molar-refractivity contribution is -0.136. The summed E-state index contributed by atoms with van der Waals surface area (Å²) in [4.78, 5) is 29.5. The molecule has 6 nitrogen and oxygen atoms in total. The molecule has 1 amide bonds. The van der Waals surface area contributed by atoms with Crippen LogP contribution in [0, 0.1) is 0 Å². The number of rotatable bonds is 10. The summed E-state index contributed by atoms with van der Waals surface area (Å²) in [5, 5.41) is 15.4. The summed E-state index contributed by atoms with van der Waals surface area (Å²) < 4.78 is 0. The van der Waals surface area contributed by atoms with Crippen LogP contribution in [-0.4, -0.2) is 22.0 Å². The van der Waals surface area contributed by atoms with Crippen LogP contribution in [0.4, 0.5) is 10.8 Å². The molecule has 3 aromatic rings. The number of hydrogen-bond donors (Lipinski definition) is 3. The maximum absolute atomic E-state index is 12.4. The molecule has 2 aromatic heterocycles. The normalized spacial score (nSPS) is 10.7. The second kappa shape index (κ2) is 10.2. The van der Waals surface area contributed by atoms with E-state index in [-0.39, 0.29) is 12.3 Å². The van der Waals surface area contributed by atoms with Crippen molar-refractivity contribution < 1.29 is 14.7 Å². The number of aryl methyl sites for hydroxylation is 1. The Morgan fingerprint density at radius 2 is 1.93 bits per heavy atom. The van der Waals surface area contributed by atoms with Crippen molar-refractivity contribution in [2.45, 2.75) is 39.2 Å². The molecule has 0 bridgehead atoms. The van der Waals surface area contributed by atoms with E-state index in [1.165, 1.54) is 34.4 Å². The number of carboxylic acid groups (broad SMARTS) is 1. The molecule has 3 N–H and O–H groups in total. The predicted octanol–water partition coefficient (Wildman–Crippen LogP) is 5.04. The number of anilines is 2. The van der Waals surface area contributed by atoms with Gasteiger partial charge in [-0.25, -0.2) is 4.98 Å². The van der Waals surface area contributed by atoms with Gasteiger partial charge < -0.3 is 10.4 Å². The first-order valence-corrected chi connectivity index (χ1v) is 11.1. The number of para-hydroxylation sites is 1. The van der Waals surface area contributed by atoms with Crippen LogP contribution in [0.3, 0.4) is 0 Å². The second-order valence-corrected chi connectivity index (χ2v) is 8.82. The quantitative estimate of drug-likeness (QED) is 0.420. The molecule has 29 heavy (non-hydrogen) atoms. The zero-order chi connectivity index (χ0) is 20.6. The van der Waals surface area contributed by atoms with Gasteiger partial charge in [0.25, 0.3) is 5.91 Å². The summed E-state index contributed by atoms with van der Waals surface area (Å²) in [5.74, 6) is -1.15. The number of unbranched alkanes of at least 4 members (excludes halogenated alkanes) is 1. The molecule has 0 unspecified atom stereocenters. The van der Waals surface area contributed by atoms with Gasteiger partial charge in [-0.15, -0.1) is 22.7 Å². The zero-order valence-electron chi connectivity index (χ0n) is 16.1. The van der Waals surface area contributed by atoms with Crippen LogP contribution in [0.15, 0.2) is 42.6 Å². The van der Waals surface area contributed by atoms with Gasteiger partial charge in [-0.05, 0) is 36.6 Å². The number of nitrogens with zero attached hydrogens (tertiary/aromatic N) is 1. The molecule has 3 rings (SSSR count). The first kappa shape index (κ1) is 21.0. The van der Waals surface area contributed by atoms with Gasteiger partial charge in [-0.2, -0.15) is 0 Å². The average molecular weight is 430 g/mol. The number of aromatic nitrogens is 1. The number of aliphatic carboxylic acids is 1. The smallest absolute Gasteiger partial charge is 0.308 e. The van der Waals surface area contributed by atoms with Crippen molar-refractivity contribution in [2.75, 3.05) is 10.6 Å². The molecule has 0 radical (unpaired) electrons. The minimum atomic E-state index is -0.918. The Kier molecular flexibility index (Phi) is 7.37. The largest absolute Gasteiger partial charge is 0.481 e. The van der Waals surface area contributed by atoms with Crippen molar-refractivity contribution in [1.82, 2.24) is 4.98 Å². The number of benzene rings is 1. The van der Waals surface area contributed by atoms with Crippen molar-refractivity contribution in [3.63, 3.8) is 0 Å². The van der Waals surface area contributed by atoms with Gasteiger partial charge in [0, 0.05) is 28.2 Å². The van der Waals surface area contributed by atoms with Gasteiger partial charge in [-0.3, -0.25) is 14.9 Å². The molecule has 2 heterocycles. The first-order chi connectivity index (χ1) is 14.0. The van der Waals surface area contributed by atoms with Crippen LogP contribution in [0.1, 0.15) is 44.8 Å². The van der Waals surface area contributed by atoms with Crippen molar-refractivity contribution >= 4 is 45.4 Å². The van der Waals surface area contributed by atoms with E-state index in [4.69, 9.17) is 5.11 Å². The highest BCUT2D eigenvalue weighted by Crippen LogP contribution is 2.24. The third-order valence-electron chi connectivity index (χ3n) is 4.26. The predicted molar refractivity (Wildman–Crippen MR) is 118 cm³/mol. The molecule has 0 saturated heterocycles. The van der Waals surface area contributed by atoms with E-state index < -0.39 is 5.97 Å². The maximum Gasteiger partial charge on any atom is 0.308 e. The van der Waals surface area contributed by atoms with E-state index >= 15 is 0 Å². The third kappa shape index (κ3) is 6.13. The maximum atomic E-state index is 12.4. The Hall–Kier alpha value is -2.71. The van der Waals surface area contributed by atoms with Gasteiger partial charge in [-0.1, -0.05) is 31.5 Å². The topological polar surface area (TPSA) is 91.3 Å². The fourth-order valence-electron chi connectivity index (χ4n) is 2.81. The number of amides is 1. The summed E-state index contributed by atoms with van der Waals surface area (Å²) in [6.45, 7) is 2.84. The Balaban J connectivity index is 1.57. The van der Waals surface area contributed by atoms with E-state index in [1.807, 2.05) is 12.1 Å². The van der Waals surface area contributed by atoms with Crippen molar-refractivity contribution in [2.24, 2.45) is 0 Å². The molecule has 0 aliphatic carbocycles. The number of carboxylic acids is 1.